The van der Waals surface area contributed by atoms with Gasteiger partial charge in [-0.15, -0.1) is 0 Å². The molecule has 1 aliphatic heterocycles. The Morgan fingerprint density at radius 3 is 2.82 bits per heavy atom. The summed E-state index contributed by atoms with van der Waals surface area (Å²) in [6, 6.07) is 7.40. The Balaban J connectivity index is 1.52. The van der Waals surface area contributed by atoms with Gasteiger partial charge in [-0.25, -0.2) is 19.2 Å². The molecule has 0 saturated carbocycles. The van der Waals surface area contributed by atoms with Gasteiger partial charge in [-0.3, -0.25) is 5.32 Å². The largest absolute Gasteiger partial charge is 0.490 e. The molecule has 1 aromatic carbocycles. The number of amides is 2. The summed E-state index contributed by atoms with van der Waals surface area (Å²) < 4.78 is 20.8. The van der Waals surface area contributed by atoms with Gasteiger partial charge in [0.2, 0.25) is 0 Å². The second-order valence-corrected chi connectivity index (χ2v) is 6.53. The average molecular weight is 382 g/mol. The van der Waals surface area contributed by atoms with Crippen molar-refractivity contribution in [3.63, 3.8) is 0 Å². The van der Waals surface area contributed by atoms with E-state index in [2.05, 4.69) is 25.7 Å². The van der Waals surface area contributed by atoms with Crippen molar-refractivity contribution in [3.05, 3.63) is 59.3 Å². The first-order chi connectivity index (χ1) is 13.5. The molecule has 2 N–H and O–H groups in total. The van der Waals surface area contributed by atoms with Gasteiger partial charge in [0.15, 0.2) is 11.6 Å². The number of anilines is 1. The second kappa shape index (κ2) is 7.26. The normalized spacial score (nSPS) is 15.5. The summed E-state index contributed by atoms with van der Waals surface area (Å²) in [7, 11) is 0. The highest BCUT2D eigenvalue weighted by molar-refractivity contribution is 5.88. The molecule has 0 unspecified atom stereocenters. The Kier molecular flexibility index (Phi) is 4.64. The minimum Gasteiger partial charge on any atom is -0.490 e. The minimum atomic E-state index is -0.437. The van der Waals surface area contributed by atoms with Crippen molar-refractivity contribution in [2.75, 3.05) is 11.9 Å². The fourth-order valence-electron chi connectivity index (χ4n) is 3.21. The molecule has 3 aromatic rings. The molecule has 8 nitrogen and oxygen atoms in total. The molecule has 1 aliphatic rings. The van der Waals surface area contributed by atoms with E-state index in [1.54, 1.807) is 24.4 Å². The van der Waals surface area contributed by atoms with Crippen LogP contribution in [0.3, 0.4) is 0 Å². The average Bonchev–Trinajstić information content (AvgIpc) is 3.10. The molecule has 2 aromatic heterocycles. The number of ether oxygens (including phenoxy) is 1. The maximum atomic E-state index is 13.9. The third-order valence-corrected chi connectivity index (χ3v) is 4.38. The number of para-hydroxylation sites is 1. The standard InChI is InChI=1S/C19H19FN6O2/c1-11-10-12(2)23-18(22-11)26-16(6-8-21-26)25-19(27)24-15-7-9-28-17-13(15)4-3-5-14(17)20/h3-6,8,10,15H,7,9H2,1-2H3,(H2,24,25,27)/t15-/m0/s1. The summed E-state index contributed by atoms with van der Waals surface area (Å²) >= 11 is 0. The molecule has 28 heavy (non-hydrogen) atoms. The number of aromatic nitrogens is 4. The predicted molar refractivity (Wildman–Crippen MR) is 100 cm³/mol. The number of halogens is 1. The van der Waals surface area contributed by atoms with Gasteiger partial charge in [-0.05, 0) is 26.0 Å². The Morgan fingerprint density at radius 1 is 1.25 bits per heavy atom. The van der Waals surface area contributed by atoms with Gasteiger partial charge in [0.05, 0.1) is 18.8 Å². The Morgan fingerprint density at radius 2 is 2.04 bits per heavy atom. The number of benzene rings is 1. The molecule has 0 fully saturated rings. The lowest BCUT2D eigenvalue weighted by molar-refractivity contribution is 0.227. The fraction of sp³-hybridized carbons (Fsp3) is 0.263. The van der Waals surface area contributed by atoms with Crippen molar-refractivity contribution < 1.29 is 13.9 Å². The van der Waals surface area contributed by atoms with Crippen LogP contribution < -0.4 is 15.4 Å². The number of hydrogen-bond donors (Lipinski definition) is 2. The molecule has 2 amide bonds. The van der Waals surface area contributed by atoms with E-state index in [9.17, 15) is 9.18 Å². The van der Waals surface area contributed by atoms with Gasteiger partial charge in [0.1, 0.15) is 5.82 Å². The molecule has 0 radical (unpaired) electrons. The van der Waals surface area contributed by atoms with Crippen molar-refractivity contribution in [1.82, 2.24) is 25.1 Å². The van der Waals surface area contributed by atoms with E-state index in [0.29, 0.717) is 30.4 Å². The van der Waals surface area contributed by atoms with Crippen LogP contribution in [0, 0.1) is 19.7 Å². The maximum Gasteiger partial charge on any atom is 0.320 e. The van der Waals surface area contributed by atoms with Crippen molar-refractivity contribution in [2.24, 2.45) is 0 Å². The molecule has 4 rings (SSSR count). The molecular weight excluding hydrogens is 363 g/mol. The zero-order valence-corrected chi connectivity index (χ0v) is 15.4. The number of carbonyl (C=O) groups excluding carboxylic acids is 1. The van der Waals surface area contributed by atoms with E-state index in [1.165, 1.54) is 10.7 Å². The number of hydrogen-bond acceptors (Lipinski definition) is 5. The Bertz CT molecular complexity index is 1010. The summed E-state index contributed by atoms with van der Waals surface area (Å²) in [5.74, 6) is 0.549. The number of nitrogens with one attached hydrogen (secondary N) is 2. The second-order valence-electron chi connectivity index (χ2n) is 6.53. The smallest absolute Gasteiger partial charge is 0.320 e. The van der Waals surface area contributed by atoms with Crippen molar-refractivity contribution in [3.8, 4) is 11.7 Å². The summed E-state index contributed by atoms with van der Waals surface area (Å²) in [5, 5.41) is 9.82. The summed E-state index contributed by atoms with van der Waals surface area (Å²) in [5.41, 5.74) is 2.22. The Labute approximate surface area is 160 Å². The first kappa shape index (κ1) is 17.9. The maximum absolute atomic E-state index is 13.9. The Hall–Kier alpha value is -3.49. The first-order valence-electron chi connectivity index (χ1n) is 8.86. The number of carbonyl (C=O) groups is 1. The van der Waals surface area contributed by atoms with Gasteiger partial charge in [0, 0.05) is 29.4 Å². The highest BCUT2D eigenvalue weighted by atomic mass is 19.1. The SMILES string of the molecule is Cc1cc(C)nc(-n2nccc2NC(=O)N[C@H]2CCOc3c(F)cccc32)n1. The van der Waals surface area contributed by atoms with Crippen LogP contribution in [-0.4, -0.2) is 32.4 Å². The summed E-state index contributed by atoms with van der Waals surface area (Å²) in [4.78, 5) is 21.3. The number of nitrogens with zero attached hydrogens (tertiary/aromatic N) is 4. The molecular formula is C19H19FN6O2. The molecule has 1 atom stereocenters. The van der Waals surface area contributed by atoms with Crippen LogP contribution in [0.2, 0.25) is 0 Å². The third kappa shape index (κ3) is 3.51. The van der Waals surface area contributed by atoms with Gasteiger partial charge < -0.3 is 10.1 Å². The van der Waals surface area contributed by atoms with Crippen LogP contribution in [0.5, 0.6) is 5.75 Å². The molecule has 0 bridgehead atoms. The van der Waals surface area contributed by atoms with Crippen molar-refractivity contribution in [2.45, 2.75) is 26.3 Å². The fourth-order valence-corrected chi connectivity index (χ4v) is 3.21. The molecule has 3 heterocycles. The van der Waals surface area contributed by atoms with E-state index >= 15 is 0 Å². The van der Waals surface area contributed by atoms with Crippen LogP contribution in [0.15, 0.2) is 36.5 Å². The third-order valence-electron chi connectivity index (χ3n) is 4.38. The van der Waals surface area contributed by atoms with E-state index in [0.717, 1.165) is 11.4 Å². The minimum absolute atomic E-state index is 0.188. The van der Waals surface area contributed by atoms with E-state index in [4.69, 9.17) is 4.74 Å². The summed E-state index contributed by atoms with van der Waals surface area (Å²) in [6.07, 6.45) is 2.10. The van der Waals surface area contributed by atoms with E-state index < -0.39 is 11.8 Å². The molecule has 0 aliphatic carbocycles. The zero-order valence-electron chi connectivity index (χ0n) is 15.4. The van der Waals surface area contributed by atoms with Crippen LogP contribution in [0.4, 0.5) is 15.0 Å². The van der Waals surface area contributed by atoms with Gasteiger partial charge in [0.25, 0.3) is 5.95 Å². The molecule has 0 spiro atoms. The highest BCUT2D eigenvalue weighted by Crippen LogP contribution is 2.34. The monoisotopic (exact) mass is 382 g/mol. The molecule has 0 saturated heterocycles. The van der Waals surface area contributed by atoms with Gasteiger partial charge in [-0.2, -0.15) is 9.78 Å². The predicted octanol–water partition coefficient (Wildman–Crippen LogP) is 3.06. The number of urea groups is 1. The highest BCUT2D eigenvalue weighted by Gasteiger charge is 2.25. The van der Waals surface area contributed by atoms with Gasteiger partial charge in [-0.1, -0.05) is 12.1 Å². The summed E-state index contributed by atoms with van der Waals surface area (Å²) in [6.45, 7) is 4.06. The molecule has 9 heteroatoms. The van der Waals surface area contributed by atoms with Crippen LogP contribution >= 0.6 is 0 Å². The quantitative estimate of drug-likeness (QED) is 0.726. The van der Waals surface area contributed by atoms with Crippen LogP contribution in [0.25, 0.3) is 5.95 Å². The number of rotatable bonds is 3. The molecule has 144 valence electrons. The van der Waals surface area contributed by atoms with Gasteiger partial charge >= 0.3 is 6.03 Å². The number of fused-ring (bicyclic) bond motifs is 1. The van der Waals surface area contributed by atoms with Crippen molar-refractivity contribution in [1.29, 1.82) is 0 Å². The lowest BCUT2D eigenvalue weighted by Crippen LogP contribution is -2.36. The lowest BCUT2D eigenvalue weighted by Gasteiger charge is -2.26. The first-order valence-corrected chi connectivity index (χ1v) is 8.86. The van der Waals surface area contributed by atoms with E-state index in [-0.39, 0.29) is 11.8 Å². The topological polar surface area (TPSA) is 94.0 Å². The van der Waals surface area contributed by atoms with E-state index in [1.807, 2.05) is 19.9 Å². The zero-order chi connectivity index (χ0) is 19.7. The van der Waals surface area contributed by atoms with Crippen LogP contribution in [0.1, 0.15) is 29.4 Å². The van der Waals surface area contributed by atoms with Crippen LogP contribution in [-0.2, 0) is 0 Å². The lowest BCUT2D eigenvalue weighted by atomic mass is 10.0. The van der Waals surface area contributed by atoms with Crippen molar-refractivity contribution >= 4 is 11.8 Å². The number of aryl methyl sites for hydroxylation is 2.